The normalized spacial score (nSPS) is 16.3. The zero-order valence-electron chi connectivity index (χ0n) is 10.3. The van der Waals surface area contributed by atoms with Crippen molar-refractivity contribution in [2.45, 2.75) is 39.0 Å². The fraction of sp³-hybridized carbons (Fsp3) is 0.500. The first-order chi connectivity index (χ1) is 7.48. The van der Waals surface area contributed by atoms with Crippen molar-refractivity contribution in [2.75, 3.05) is 11.9 Å². The molecule has 0 fully saturated rings. The highest BCUT2D eigenvalue weighted by molar-refractivity contribution is 6.02. The number of nitrogens with one attached hydrogen (secondary N) is 1. The molecule has 2 nitrogen and oxygen atoms in total. The summed E-state index contributed by atoms with van der Waals surface area (Å²) in [7, 11) is 0. The van der Waals surface area contributed by atoms with Crippen LogP contribution in [0.15, 0.2) is 18.2 Å². The van der Waals surface area contributed by atoms with Crippen LogP contribution in [0.5, 0.6) is 0 Å². The van der Waals surface area contributed by atoms with E-state index in [0.717, 1.165) is 24.2 Å². The molecule has 0 aliphatic carbocycles. The summed E-state index contributed by atoms with van der Waals surface area (Å²) in [6.07, 6.45) is 1.59. The summed E-state index contributed by atoms with van der Waals surface area (Å²) in [5.74, 6) is 0.270. The molecule has 0 saturated heterocycles. The summed E-state index contributed by atoms with van der Waals surface area (Å²) < 4.78 is 0. The molecule has 1 aromatic carbocycles. The van der Waals surface area contributed by atoms with E-state index >= 15 is 0 Å². The molecule has 0 amide bonds. The Morgan fingerprint density at radius 2 is 2.00 bits per heavy atom. The van der Waals surface area contributed by atoms with Gasteiger partial charge >= 0.3 is 0 Å². The number of Topliss-reactive ketones (excluding diaryl/α,β-unsaturated/α-hetero) is 1. The van der Waals surface area contributed by atoms with Crippen LogP contribution in [0.4, 0.5) is 5.69 Å². The summed E-state index contributed by atoms with van der Waals surface area (Å²) in [6.45, 7) is 7.41. The molecule has 0 bridgehead atoms. The molecule has 1 N–H and O–H groups in total. The van der Waals surface area contributed by atoms with Gasteiger partial charge in [-0.05, 0) is 29.5 Å². The zero-order valence-corrected chi connectivity index (χ0v) is 10.3. The van der Waals surface area contributed by atoms with E-state index in [0.29, 0.717) is 6.42 Å². The quantitative estimate of drug-likeness (QED) is 0.722. The molecule has 1 aromatic rings. The highest BCUT2D eigenvalue weighted by Gasteiger charge is 2.19. The Balaban J connectivity index is 2.47. The molecule has 86 valence electrons. The fourth-order valence-electron chi connectivity index (χ4n) is 2.00. The monoisotopic (exact) mass is 217 g/mol. The molecule has 2 rings (SSSR count). The molecule has 1 aliphatic rings. The maximum absolute atomic E-state index is 11.9. The fourth-order valence-corrected chi connectivity index (χ4v) is 2.00. The number of hydrogen-bond acceptors (Lipinski definition) is 2. The SMILES string of the molecule is CC(C)(C)c1ccc2c(c1)C(=O)CCCN2. The Kier molecular flexibility index (Phi) is 2.75. The Hall–Kier alpha value is -1.31. The van der Waals surface area contributed by atoms with Crippen LogP contribution in [0, 0.1) is 0 Å². The van der Waals surface area contributed by atoms with E-state index in [1.54, 1.807) is 0 Å². The molecule has 0 radical (unpaired) electrons. The minimum atomic E-state index is 0.0988. The lowest BCUT2D eigenvalue weighted by molar-refractivity contribution is 0.0983. The standard InChI is InChI=1S/C14H19NO/c1-14(2,3)10-6-7-12-11(9-10)13(16)5-4-8-15-12/h6-7,9,15H,4-5,8H2,1-3H3. The number of anilines is 1. The molecule has 0 atom stereocenters. The van der Waals surface area contributed by atoms with E-state index in [1.165, 1.54) is 5.56 Å². The predicted molar refractivity (Wildman–Crippen MR) is 67.2 cm³/mol. The molecule has 2 heteroatoms. The van der Waals surface area contributed by atoms with Crippen molar-refractivity contribution in [3.8, 4) is 0 Å². The van der Waals surface area contributed by atoms with Gasteiger partial charge in [0.15, 0.2) is 5.78 Å². The van der Waals surface area contributed by atoms with Gasteiger partial charge in [-0.15, -0.1) is 0 Å². The molecule has 0 unspecified atom stereocenters. The van der Waals surface area contributed by atoms with Crippen LogP contribution in [-0.4, -0.2) is 12.3 Å². The third-order valence-corrected chi connectivity index (χ3v) is 3.08. The second kappa shape index (κ2) is 3.93. The van der Waals surface area contributed by atoms with Gasteiger partial charge in [0.1, 0.15) is 0 Å². The second-order valence-electron chi connectivity index (χ2n) is 5.46. The van der Waals surface area contributed by atoms with E-state index in [2.05, 4.69) is 38.2 Å². The van der Waals surface area contributed by atoms with Gasteiger partial charge < -0.3 is 5.32 Å². The Bertz CT molecular complexity index is 415. The smallest absolute Gasteiger partial charge is 0.165 e. The molecular formula is C14H19NO. The van der Waals surface area contributed by atoms with Gasteiger partial charge in [0.2, 0.25) is 0 Å². The van der Waals surface area contributed by atoms with Gasteiger partial charge in [0, 0.05) is 24.2 Å². The lowest BCUT2D eigenvalue weighted by Gasteiger charge is -2.20. The summed E-state index contributed by atoms with van der Waals surface area (Å²) >= 11 is 0. The summed E-state index contributed by atoms with van der Waals surface area (Å²) in [6, 6.07) is 6.21. The molecule has 0 spiro atoms. The van der Waals surface area contributed by atoms with Crippen molar-refractivity contribution in [1.29, 1.82) is 0 Å². The van der Waals surface area contributed by atoms with Gasteiger partial charge in [-0.2, -0.15) is 0 Å². The van der Waals surface area contributed by atoms with Crippen molar-refractivity contribution in [3.63, 3.8) is 0 Å². The van der Waals surface area contributed by atoms with Gasteiger partial charge in [-0.3, -0.25) is 4.79 Å². The molecule has 16 heavy (non-hydrogen) atoms. The van der Waals surface area contributed by atoms with Crippen molar-refractivity contribution in [1.82, 2.24) is 0 Å². The van der Waals surface area contributed by atoms with Crippen molar-refractivity contribution in [2.24, 2.45) is 0 Å². The van der Waals surface area contributed by atoms with Crippen LogP contribution in [0.3, 0.4) is 0 Å². The van der Waals surface area contributed by atoms with Gasteiger partial charge in [-0.25, -0.2) is 0 Å². The van der Waals surface area contributed by atoms with E-state index in [4.69, 9.17) is 0 Å². The van der Waals surface area contributed by atoms with Gasteiger partial charge in [-0.1, -0.05) is 26.8 Å². The van der Waals surface area contributed by atoms with Crippen LogP contribution >= 0.6 is 0 Å². The van der Waals surface area contributed by atoms with E-state index in [1.807, 2.05) is 6.07 Å². The third kappa shape index (κ3) is 2.11. The van der Waals surface area contributed by atoms with Crippen LogP contribution in [0.25, 0.3) is 0 Å². The molecule has 0 saturated carbocycles. The third-order valence-electron chi connectivity index (χ3n) is 3.08. The largest absolute Gasteiger partial charge is 0.384 e. The number of rotatable bonds is 0. The first-order valence-electron chi connectivity index (χ1n) is 5.90. The van der Waals surface area contributed by atoms with Gasteiger partial charge in [0.25, 0.3) is 0 Å². The Morgan fingerprint density at radius 3 is 2.69 bits per heavy atom. The minimum absolute atomic E-state index is 0.0988. The number of carbonyl (C=O) groups excluding carboxylic acids is 1. The number of hydrogen-bond donors (Lipinski definition) is 1. The lowest BCUT2D eigenvalue weighted by Crippen LogP contribution is -2.12. The Morgan fingerprint density at radius 1 is 1.25 bits per heavy atom. The van der Waals surface area contributed by atoms with Crippen molar-refractivity contribution >= 4 is 11.5 Å². The summed E-state index contributed by atoms with van der Waals surface area (Å²) in [5.41, 5.74) is 3.19. The van der Waals surface area contributed by atoms with E-state index in [-0.39, 0.29) is 11.2 Å². The minimum Gasteiger partial charge on any atom is -0.384 e. The molecule has 1 heterocycles. The van der Waals surface area contributed by atoms with E-state index < -0.39 is 0 Å². The van der Waals surface area contributed by atoms with Crippen LogP contribution in [-0.2, 0) is 5.41 Å². The van der Waals surface area contributed by atoms with Crippen LogP contribution < -0.4 is 5.32 Å². The maximum atomic E-state index is 11.9. The summed E-state index contributed by atoms with van der Waals surface area (Å²) in [4.78, 5) is 11.9. The average molecular weight is 217 g/mol. The lowest BCUT2D eigenvalue weighted by atomic mass is 9.85. The summed E-state index contributed by atoms with van der Waals surface area (Å²) in [5, 5.41) is 3.31. The zero-order chi connectivity index (χ0) is 11.8. The first-order valence-corrected chi connectivity index (χ1v) is 5.90. The number of fused-ring (bicyclic) bond motifs is 1. The maximum Gasteiger partial charge on any atom is 0.165 e. The van der Waals surface area contributed by atoms with Crippen molar-refractivity contribution in [3.05, 3.63) is 29.3 Å². The highest BCUT2D eigenvalue weighted by Crippen LogP contribution is 2.28. The Labute approximate surface area is 97.1 Å². The number of ketones is 1. The topological polar surface area (TPSA) is 29.1 Å². The molecule has 1 aliphatic heterocycles. The molecular weight excluding hydrogens is 198 g/mol. The number of benzene rings is 1. The van der Waals surface area contributed by atoms with Crippen molar-refractivity contribution < 1.29 is 4.79 Å². The van der Waals surface area contributed by atoms with E-state index in [9.17, 15) is 4.79 Å². The predicted octanol–water partition coefficient (Wildman–Crippen LogP) is 3.37. The first kappa shape index (κ1) is 11.2. The highest BCUT2D eigenvalue weighted by atomic mass is 16.1. The average Bonchev–Trinajstić information content (AvgIpc) is 2.39. The van der Waals surface area contributed by atoms with Gasteiger partial charge in [0.05, 0.1) is 0 Å². The number of carbonyl (C=O) groups is 1. The van der Waals surface area contributed by atoms with Crippen LogP contribution in [0.1, 0.15) is 49.5 Å². The van der Waals surface area contributed by atoms with Crippen LogP contribution in [0.2, 0.25) is 0 Å². The second-order valence-corrected chi connectivity index (χ2v) is 5.46. The molecule has 0 aromatic heterocycles.